The number of nitrogens with zero attached hydrogens (tertiary/aromatic N) is 3. The number of amides is 1. The summed E-state index contributed by atoms with van der Waals surface area (Å²) in [6, 6.07) is 4.14. The molecule has 0 spiro atoms. The molecule has 2 aromatic rings. The molecule has 0 atom stereocenters. The largest absolute Gasteiger partial charge is 0.460 e. The fraction of sp³-hybridized carbons (Fsp3) is 0.412. The van der Waals surface area contributed by atoms with Crippen LogP contribution in [0.15, 0.2) is 40.1 Å². The zero-order chi connectivity index (χ0) is 20.9. The lowest BCUT2D eigenvalue weighted by molar-refractivity contribution is -0.125. The van der Waals surface area contributed by atoms with Crippen molar-refractivity contribution >= 4 is 27.8 Å². The number of furan rings is 1. The predicted octanol–water partition coefficient (Wildman–Crippen LogP) is 0.790. The number of esters is 1. The first kappa shape index (κ1) is 20.7. The molecule has 3 heterocycles. The van der Waals surface area contributed by atoms with Gasteiger partial charge >= 0.3 is 5.97 Å². The Kier molecular flexibility index (Phi) is 6.44. The van der Waals surface area contributed by atoms with Gasteiger partial charge in [0, 0.05) is 31.4 Å². The molecule has 11 nitrogen and oxygen atoms in total. The van der Waals surface area contributed by atoms with Gasteiger partial charge in [0.2, 0.25) is 22.7 Å². The van der Waals surface area contributed by atoms with E-state index in [-0.39, 0.29) is 48.3 Å². The normalized spacial score (nSPS) is 15.6. The zero-order valence-corrected chi connectivity index (χ0v) is 16.5. The first-order valence-corrected chi connectivity index (χ1v) is 10.5. The number of aromatic nitrogens is 2. The Labute approximate surface area is 167 Å². The van der Waals surface area contributed by atoms with Gasteiger partial charge in [-0.3, -0.25) is 15.6 Å². The predicted molar refractivity (Wildman–Crippen MR) is 99.9 cm³/mol. The summed E-state index contributed by atoms with van der Waals surface area (Å²) < 4.78 is 36.6. The number of ether oxygens (including phenoxy) is 1. The number of hydrogen-bond acceptors (Lipinski definition) is 9. The summed E-state index contributed by atoms with van der Waals surface area (Å²) in [6.45, 7) is 2.10. The third-order valence-electron chi connectivity index (χ3n) is 4.34. The maximum Gasteiger partial charge on any atom is 0.374 e. The maximum absolute atomic E-state index is 12.7. The summed E-state index contributed by atoms with van der Waals surface area (Å²) in [4.78, 5) is 31.8. The van der Waals surface area contributed by atoms with Crippen molar-refractivity contribution in [1.82, 2.24) is 19.7 Å². The number of carbonyl (C=O) groups excluding carboxylic acids is 2. The monoisotopic (exact) mass is 423 g/mol. The van der Waals surface area contributed by atoms with Gasteiger partial charge in [0.1, 0.15) is 0 Å². The number of hydrogen-bond donors (Lipinski definition) is 2. The molecular weight excluding hydrogens is 402 g/mol. The molecule has 0 bridgehead atoms. The first-order chi connectivity index (χ1) is 13.9. The lowest BCUT2D eigenvalue weighted by atomic mass is 9.98. The molecule has 29 heavy (non-hydrogen) atoms. The van der Waals surface area contributed by atoms with Crippen LogP contribution in [0.3, 0.4) is 0 Å². The van der Waals surface area contributed by atoms with E-state index in [2.05, 4.69) is 20.8 Å². The van der Waals surface area contributed by atoms with Gasteiger partial charge in [-0.1, -0.05) is 0 Å². The van der Waals surface area contributed by atoms with E-state index < -0.39 is 16.0 Å². The molecule has 1 aliphatic rings. The van der Waals surface area contributed by atoms with E-state index in [1.54, 1.807) is 13.0 Å². The Balaban J connectivity index is 1.55. The fourth-order valence-electron chi connectivity index (χ4n) is 2.84. The van der Waals surface area contributed by atoms with Gasteiger partial charge in [0.15, 0.2) is 0 Å². The van der Waals surface area contributed by atoms with Crippen LogP contribution in [0.1, 0.15) is 30.3 Å². The first-order valence-electron chi connectivity index (χ1n) is 9.02. The highest BCUT2D eigenvalue weighted by Crippen LogP contribution is 2.25. The molecule has 0 unspecified atom stereocenters. The summed E-state index contributed by atoms with van der Waals surface area (Å²) in [7, 11) is -3.90. The van der Waals surface area contributed by atoms with Crippen molar-refractivity contribution in [1.29, 1.82) is 0 Å². The second-order valence-corrected chi connectivity index (χ2v) is 8.07. The van der Waals surface area contributed by atoms with Gasteiger partial charge in [-0.05, 0) is 38.0 Å². The second kappa shape index (κ2) is 9.01. The number of rotatable bonds is 7. The molecule has 0 aromatic carbocycles. The Hall–Kier alpha value is -2.99. The molecule has 2 N–H and O–H groups in total. The average Bonchev–Trinajstić information content (AvgIpc) is 3.24. The average molecular weight is 423 g/mol. The van der Waals surface area contributed by atoms with Crippen molar-refractivity contribution in [2.45, 2.75) is 24.9 Å². The smallest absolute Gasteiger partial charge is 0.374 e. The third-order valence-corrected chi connectivity index (χ3v) is 6.11. The van der Waals surface area contributed by atoms with Crippen LogP contribution >= 0.6 is 0 Å². The minimum Gasteiger partial charge on any atom is -0.460 e. The van der Waals surface area contributed by atoms with Crippen LogP contribution < -0.4 is 10.9 Å². The summed E-state index contributed by atoms with van der Waals surface area (Å²) in [6.07, 6.45) is 3.75. The van der Waals surface area contributed by atoms with E-state index >= 15 is 0 Å². The van der Waals surface area contributed by atoms with Crippen LogP contribution in [0.5, 0.6) is 0 Å². The van der Waals surface area contributed by atoms with E-state index in [1.807, 2.05) is 0 Å². The minimum absolute atomic E-state index is 0.150. The molecule has 0 saturated carbocycles. The molecule has 1 amide bonds. The Morgan fingerprint density at radius 1 is 1.24 bits per heavy atom. The van der Waals surface area contributed by atoms with Crippen LogP contribution in [0.4, 0.5) is 5.95 Å². The van der Waals surface area contributed by atoms with Gasteiger partial charge < -0.3 is 9.15 Å². The topological polar surface area (TPSA) is 144 Å². The summed E-state index contributed by atoms with van der Waals surface area (Å²) in [5.74, 6) is -1.26. The van der Waals surface area contributed by atoms with Crippen LogP contribution in [0, 0.1) is 5.92 Å². The van der Waals surface area contributed by atoms with Gasteiger partial charge in [0.25, 0.3) is 10.0 Å². The van der Waals surface area contributed by atoms with E-state index in [0.29, 0.717) is 12.8 Å². The van der Waals surface area contributed by atoms with Crippen LogP contribution in [-0.2, 0) is 19.6 Å². The molecule has 1 saturated heterocycles. The highest BCUT2D eigenvalue weighted by Gasteiger charge is 2.34. The highest BCUT2D eigenvalue weighted by atomic mass is 32.2. The van der Waals surface area contributed by atoms with Crippen molar-refractivity contribution in [3.05, 3.63) is 36.4 Å². The number of anilines is 1. The van der Waals surface area contributed by atoms with E-state index in [9.17, 15) is 18.0 Å². The van der Waals surface area contributed by atoms with Crippen molar-refractivity contribution < 1.29 is 27.2 Å². The molecule has 0 radical (unpaired) electrons. The molecule has 0 aliphatic carbocycles. The molecule has 1 aliphatic heterocycles. The summed E-state index contributed by atoms with van der Waals surface area (Å²) >= 11 is 0. The number of carbonyl (C=O) groups is 2. The van der Waals surface area contributed by atoms with Gasteiger partial charge in [-0.25, -0.2) is 23.2 Å². The van der Waals surface area contributed by atoms with E-state index in [0.717, 1.165) is 0 Å². The SMILES string of the molecule is CCOC(=O)c1ccc(S(=O)(=O)N2CCC(C(=O)NNc3ncccn3)CC2)o1. The molecule has 2 aromatic heterocycles. The maximum atomic E-state index is 12.7. The van der Waals surface area contributed by atoms with Crippen molar-refractivity contribution in [3.63, 3.8) is 0 Å². The van der Waals surface area contributed by atoms with Crippen molar-refractivity contribution in [2.24, 2.45) is 5.92 Å². The van der Waals surface area contributed by atoms with E-state index in [1.165, 1.54) is 28.8 Å². The Bertz CT molecular complexity index is 954. The Morgan fingerprint density at radius 2 is 1.93 bits per heavy atom. The highest BCUT2D eigenvalue weighted by molar-refractivity contribution is 7.89. The molecule has 156 valence electrons. The number of hydrazine groups is 1. The lowest BCUT2D eigenvalue weighted by Crippen LogP contribution is -2.44. The molecular formula is C17H21N5O6S. The minimum atomic E-state index is -3.90. The number of piperidine rings is 1. The van der Waals surface area contributed by atoms with Crippen molar-refractivity contribution in [3.8, 4) is 0 Å². The Morgan fingerprint density at radius 3 is 2.59 bits per heavy atom. The quantitative estimate of drug-likeness (QED) is 0.488. The zero-order valence-electron chi connectivity index (χ0n) is 15.7. The lowest BCUT2D eigenvalue weighted by Gasteiger charge is -2.29. The molecule has 12 heteroatoms. The summed E-state index contributed by atoms with van der Waals surface area (Å²) in [5.41, 5.74) is 5.15. The third kappa shape index (κ3) is 4.90. The van der Waals surface area contributed by atoms with Gasteiger partial charge in [0.05, 0.1) is 6.61 Å². The van der Waals surface area contributed by atoms with Crippen molar-refractivity contribution in [2.75, 3.05) is 25.1 Å². The molecule has 1 fully saturated rings. The standard InChI is InChI=1S/C17H21N5O6S/c1-2-27-16(24)13-4-5-14(28-13)29(25,26)22-10-6-12(7-11-22)15(23)20-21-17-18-8-3-9-19-17/h3-5,8-9,12H,2,6-7,10-11H2,1H3,(H,20,23)(H,18,19,21). The summed E-state index contributed by atoms with van der Waals surface area (Å²) in [5, 5.41) is -0.327. The van der Waals surface area contributed by atoms with Crippen LogP contribution in [-0.4, -0.2) is 54.3 Å². The molecule has 3 rings (SSSR count). The fourth-order valence-corrected chi connectivity index (χ4v) is 4.22. The second-order valence-electron chi connectivity index (χ2n) is 6.20. The number of nitrogens with one attached hydrogen (secondary N) is 2. The van der Waals surface area contributed by atoms with Gasteiger partial charge in [-0.2, -0.15) is 4.31 Å². The van der Waals surface area contributed by atoms with Crippen LogP contribution in [0.2, 0.25) is 0 Å². The van der Waals surface area contributed by atoms with E-state index in [4.69, 9.17) is 9.15 Å². The van der Waals surface area contributed by atoms with Gasteiger partial charge in [-0.15, -0.1) is 0 Å². The van der Waals surface area contributed by atoms with Crippen LogP contribution in [0.25, 0.3) is 0 Å². The number of sulfonamides is 1.